The van der Waals surface area contributed by atoms with Gasteiger partial charge in [-0.25, -0.2) is 14.5 Å². The molecule has 2 aromatic heterocycles. The molecule has 0 N–H and O–H groups in total. The number of nitrogens with zero attached hydrogens (tertiary/aromatic N) is 4. The maximum atomic E-state index is 13.4. The third kappa shape index (κ3) is 3.30. The standard InChI is InChI=1S/C26H21BrN4O2/c1-26(2)12-18(32)21-19(13-26)33-25-22(20(21)15-8-4-3-5-9-15)24-29-23(30-31(24)14-28-25)16-10-6-7-11-17(16)27/h3-11,14,20H,12-13H2,1-2H3/t20-/m0/s1. The molecule has 33 heavy (non-hydrogen) atoms. The molecule has 1 aliphatic heterocycles. The molecule has 2 aliphatic rings. The number of rotatable bonds is 2. The van der Waals surface area contributed by atoms with Gasteiger partial charge in [-0.15, -0.1) is 5.10 Å². The summed E-state index contributed by atoms with van der Waals surface area (Å²) in [5, 5.41) is 4.68. The van der Waals surface area contributed by atoms with Crippen molar-refractivity contribution in [2.24, 2.45) is 5.41 Å². The van der Waals surface area contributed by atoms with Gasteiger partial charge in [-0.1, -0.05) is 72.2 Å². The van der Waals surface area contributed by atoms with Crippen molar-refractivity contribution in [3.05, 3.63) is 87.9 Å². The Bertz CT molecular complexity index is 1460. The van der Waals surface area contributed by atoms with Crippen molar-refractivity contribution in [1.29, 1.82) is 0 Å². The van der Waals surface area contributed by atoms with E-state index in [1.165, 1.54) is 0 Å². The van der Waals surface area contributed by atoms with Crippen molar-refractivity contribution in [2.45, 2.75) is 32.6 Å². The number of hydrogen-bond acceptors (Lipinski definition) is 5. The number of hydrogen-bond donors (Lipinski definition) is 0. The van der Waals surface area contributed by atoms with Crippen molar-refractivity contribution in [1.82, 2.24) is 19.6 Å². The second-order valence-corrected chi connectivity index (χ2v) is 10.2. The summed E-state index contributed by atoms with van der Waals surface area (Å²) in [6.07, 6.45) is 2.81. The molecule has 1 aliphatic carbocycles. The van der Waals surface area contributed by atoms with Crippen LogP contribution in [0.4, 0.5) is 0 Å². The van der Waals surface area contributed by atoms with Crippen LogP contribution in [0.3, 0.4) is 0 Å². The zero-order valence-electron chi connectivity index (χ0n) is 18.2. The molecule has 0 saturated carbocycles. The van der Waals surface area contributed by atoms with Gasteiger partial charge in [0.05, 0.1) is 5.56 Å². The van der Waals surface area contributed by atoms with Crippen molar-refractivity contribution in [2.75, 3.05) is 0 Å². The summed E-state index contributed by atoms with van der Waals surface area (Å²) < 4.78 is 8.88. The fourth-order valence-corrected chi connectivity index (χ4v) is 5.34. The first-order valence-corrected chi connectivity index (χ1v) is 11.7. The third-order valence-corrected chi connectivity index (χ3v) is 7.00. The maximum Gasteiger partial charge on any atom is 0.228 e. The van der Waals surface area contributed by atoms with Gasteiger partial charge in [0.1, 0.15) is 12.1 Å². The van der Waals surface area contributed by atoms with Crippen LogP contribution in [-0.2, 0) is 4.79 Å². The molecule has 2 aromatic carbocycles. The molecular weight excluding hydrogens is 480 g/mol. The van der Waals surface area contributed by atoms with Crippen molar-refractivity contribution < 1.29 is 9.53 Å². The Kier molecular flexibility index (Phi) is 4.52. The Balaban J connectivity index is 1.61. The minimum Gasteiger partial charge on any atom is -0.442 e. The Labute approximate surface area is 199 Å². The Morgan fingerprint density at radius 1 is 1.06 bits per heavy atom. The van der Waals surface area contributed by atoms with E-state index in [0.29, 0.717) is 35.8 Å². The van der Waals surface area contributed by atoms with E-state index in [-0.39, 0.29) is 17.1 Å². The van der Waals surface area contributed by atoms with Crippen molar-refractivity contribution >= 4 is 27.4 Å². The lowest BCUT2D eigenvalue weighted by Gasteiger charge is -2.37. The molecule has 0 spiro atoms. The Morgan fingerprint density at radius 3 is 2.61 bits per heavy atom. The van der Waals surface area contributed by atoms with E-state index in [0.717, 1.165) is 26.9 Å². The lowest BCUT2D eigenvalue weighted by atomic mass is 9.70. The number of fused-ring (bicyclic) bond motifs is 3. The van der Waals surface area contributed by atoms with Gasteiger partial charge in [-0.05, 0) is 23.1 Å². The topological polar surface area (TPSA) is 69.4 Å². The molecule has 0 saturated heterocycles. The van der Waals surface area contributed by atoms with Gasteiger partial charge in [0.2, 0.25) is 5.88 Å². The summed E-state index contributed by atoms with van der Waals surface area (Å²) in [6, 6.07) is 17.9. The minimum atomic E-state index is -0.305. The highest BCUT2D eigenvalue weighted by molar-refractivity contribution is 9.10. The van der Waals surface area contributed by atoms with Gasteiger partial charge < -0.3 is 4.74 Å². The molecule has 1 atom stereocenters. The molecule has 0 amide bonds. The van der Waals surface area contributed by atoms with E-state index in [1.54, 1.807) is 10.8 Å². The summed E-state index contributed by atoms with van der Waals surface area (Å²) >= 11 is 3.60. The van der Waals surface area contributed by atoms with Gasteiger partial charge >= 0.3 is 0 Å². The quantitative estimate of drug-likeness (QED) is 0.352. The average molecular weight is 501 g/mol. The highest BCUT2D eigenvalue weighted by atomic mass is 79.9. The van der Waals surface area contributed by atoms with E-state index in [9.17, 15) is 4.79 Å². The van der Waals surface area contributed by atoms with Crippen LogP contribution in [0.1, 0.15) is 43.7 Å². The second kappa shape index (κ2) is 7.35. The summed E-state index contributed by atoms with van der Waals surface area (Å²) in [5.41, 5.74) is 3.89. The molecule has 0 unspecified atom stereocenters. The minimum absolute atomic E-state index is 0.119. The van der Waals surface area contributed by atoms with Crippen molar-refractivity contribution in [3.8, 4) is 17.3 Å². The van der Waals surface area contributed by atoms with Gasteiger partial charge in [0.15, 0.2) is 17.3 Å². The predicted octanol–water partition coefficient (Wildman–Crippen LogP) is 5.72. The highest BCUT2D eigenvalue weighted by Gasteiger charge is 2.43. The third-order valence-electron chi connectivity index (χ3n) is 6.31. The predicted molar refractivity (Wildman–Crippen MR) is 128 cm³/mol. The number of allylic oxidation sites excluding steroid dienone is 2. The SMILES string of the molecule is CC1(C)CC(=O)C2=C(C1)Oc1ncn3nc(-c4ccccc4Br)nc3c1[C@H]2c1ccccc1. The number of Topliss-reactive ketones (excluding diaryl/α,β-unsaturated/α-hetero) is 1. The van der Waals surface area contributed by atoms with Gasteiger partial charge in [0.25, 0.3) is 0 Å². The summed E-state index contributed by atoms with van der Waals surface area (Å²) in [5.74, 6) is 1.61. The zero-order valence-corrected chi connectivity index (χ0v) is 19.8. The molecule has 7 heteroatoms. The van der Waals surface area contributed by atoms with Crippen LogP contribution in [0, 0.1) is 5.41 Å². The van der Waals surface area contributed by atoms with E-state index in [1.807, 2.05) is 54.6 Å². The van der Waals surface area contributed by atoms with E-state index >= 15 is 0 Å². The van der Waals surface area contributed by atoms with Crippen LogP contribution in [-0.4, -0.2) is 25.4 Å². The summed E-state index contributed by atoms with van der Waals surface area (Å²) in [6.45, 7) is 4.20. The lowest BCUT2D eigenvalue weighted by molar-refractivity contribution is -0.118. The lowest BCUT2D eigenvalue weighted by Crippen LogP contribution is -2.33. The van der Waals surface area contributed by atoms with Crippen LogP contribution >= 0.6 is 15.9 Å². The monoisotopic (exact) mass is 500 g/mol. The Morgan fingerprint density at radius 2 is 1.82 bits per heavy atom. The normalized spacial score (nSPS) is 19.2. The summed E-state index contributed by atoms with van der Waals surface area (Å²) in [7, 11) is 0. The van der Waals surface area contributed by atoms with Crippen LogP contribution in [0.2, 0.25) is 0 Å². The molecule has 4 aromatic rings. The van der Waals surface area contributed by atoms with Crippen LogP contribution in [0.5, 0.6) is 5.88 Å². The number of carbonyl (C=O) groups is 1. The number of ether oxygens (including phenoxy) is 1. The first-order chi connectivity index (χ1) is 15.9. The number of halogens is 1. The Hall–Kier alpha value is -3.32. The van der Waals surface area contributed by atoms with Gasteiger partial charge in [-0.3, -0.25) is 4.79 Å². The van der Waals surface area contributed by atoms with Crippen molar-refractivity contribution in [3.63, 3.8) is 0 Å². The van der Waals surface area contributed by atoms with E-state index < -0.39 is 0 Å². The number of ketones is 1. The molecule has 0 bridgehead atoms. The number of benzene rings is 2. The molecule has 0 fully saturated rings. The van der Waals surface area contributed by atoms with E-state index in [4.69, 9.17) is 9.72 Å². The smallest absolute Gasteiger partial charge is 0.228 e. The first kappa shape index (κ1) is 20.3. The molecular formula is C26H21BrN4O2. The molecule has 3 heterocycles. The first-order valence-electron chi connectivity index (χ1n) is 10.9. The number of aromatic nitrogens is 4. The highest BCUT2D eigenvalue weighted by Crippen LogP contribution is 2.50. The fraction of sp³-hybridized carbons (Fsp3) is 0.231. The van der Waals surface area contributed by atoms with E-state index in [2.05, 4.69) is 39.9 Å². The molecule has 6 rings (SSSR count). The molecule has 0 radical (unpaired) electrons. The van der Waals surface area contributed by atoms with Crippen LogP contribution < -0.4 is 4.74 Å². The molecule has 6 nitrogen and oxygen atoms in total. The van der Waals surface area contributed by atoms with Crippen LogP contribution in [0.15, 0.2) is 76.7 Å². The fourth-order valence-electron chi connectivity index (χ4n) is 4.88. The second-order valence-electron chi connectivity index (χ2n) is 9.37. The van der Waals surface area contributed by atoms with Crippen LogP contribution in [0.25, 0.3) is 17.0 Å². The maximum absolute atomic E-state index is 13.4. The largest absolute Gasteiger partial charge is 0.442 e. The number of carbonyl (C=O) groups excluding carboxylic acids is 1. The summed E-state index contributed by atoms with van der Waals surface area (Å²) in [4.78, 5) is 22.9. The van der Waals surface area contributed by atoms with Gasteiger partial charge in [0, 0.05) is 34.4 Å². The zero-order chi connectivity index (χ0) is 22.7. The van der Waals surface area contributed by atoms with Gasteiger partial charge in [-0.2, -0.15) is 0 Å². The molecule has 164 valence electrons. The average Bonchev–Trinajstić information content (AvgIpc) is 3.22.